The van der Waals surface area contributed by atoms with Crippen LogP contribution in [0.5, 0.6) is 5.75 Å². The number of halogens is 1. The van der Waals surface area contributed by atoms with Gasteiger partial charge in [-0.2, -0.15) is 10.4 Å². The highest BCUT2D eigenvalue weighted by Crippen LogP contribution is 2.36. The molecule has 3 aromatic rings. The molecule has 0 aromatic carbocycles. The normalized spacial score (nSPS) is 22.1. The van der Waals surface area contributed by atoms with Gasteiger partial charge < -0.3 is 14.4 Å². The third-order valence-electron chi connectivity index (χ3n) is 8.32. The molecule has 2 atom stereocenters. The summed E-state index contributed by atoms with van der Waals surface area (Å²) in [6.07, 6.45) is 10.0. The number of anilines is 1. The highest BCUT2D eigenvalue weighted by atomic mass is 19.1. The van der Waals surface area contributed by atoms with Crippen molar-refractivity contribution >= 4 is 17.2 Å². The third kappa shape index (κ3) is 5.35. The number of ether oxygens (including phenoxy) is 2. The average molecular weight is 571 g/mol. The van der Waals surface area contributed by atoms with Crippen molar-refractivity contribution in [3.63, 3.8) is 0 Å². The predicted molar refractivity (Wildman–Crippen MR) is 160 cm³/mol. The summed E-state index contributed by atoms with van der Waals surface area (Å²) in [5, 5.41) is 14.0. The number of piperidine rings is 1. The zero-order valence-corrected chi connectivity index (χ0v) is 24.2. The summed E-state index contributed by atoms with van der Waals surface area (Å²) in [5.74, 6) is 1.99. The molecule has 4 aliphatic heterocycles. The van der Waals surface area contributed by atoms with Crippen LogP contribution in [0.15, 0.2) is 66.1 Å². The Hall–Kier alpha value is -4.27. The van der Waals surface area contributed by atoms with Crippen molar-refractivity contribution in [2.75, 3.05) is 65.4 Å². The molecule has 11 heteroatoms. The topological polar surface area (TPSA) is 94.5 Å². The number of hydrogen-bond acceptors (Lipinski definition) is 9. The molecule has 7 heterocycles. The van der Waals surface area contributed by atoms with Crippen LogP contribution in [-0.2, 0) is 4.74 Å². The first-order chi connectivity index (χ1) is 20.3. The van der Waals surface area contributed by atoms with E-state index in [0.717, 1.165) is 42.2 Å². The van der Waals surface area contributed by atoms with E-state index in [1.807, 2.05) is 48.5 Å². The Morgan fingerprint density at radius 2 is 2.05 bits per heavy atom. The van der Waals surface area contributed by atoms with Gasteiger partial charge in [0.25, 0.3) is 0 Å². The lowest BCUT2D eigenvalue weighted by atomic mass is 9.86. The van der Waals surface area contributed by atoms with Gasteiger partial charge in [-0.05, 0) is 37.2 Å². The lowest BCUT2D eigenvalue weighted by molar-refractivity contribution is -0.0466. The fraction of sp³-hybridized carbons (Fsp3) is 0.419. The van der Waals surface area contributed by atoms with Crippen LogP contribution in [0.2, 0.25) is 0 Å². The number of nitriles is 1. The van der Waals surface area contributed by atoms with Crippen LogP contribution in [0.4, 0.5) is 10.2 Å². The fourth-order valence-electron chi connectivity index (χ4n) is 6.28. The second-order valence-corrected chi connectivity index (χ2v) is 11.4. The maximum atomic E-state index is 14.8. The molecular weight excluding hydrogens is 535 g/mol. The van der Waals surface area contributed by atoms with Crippen LogP contribution >= 0.6 is 0 Å². The maximum absolute atomic E-state index is 14.8. The number of pyridine rings is 2. The predicted octanol–water partition coefficient (Wildman–Crippen LogP) is 3.35. The second kappa shape index (κ2) is 11.2. The minimum absolute atomic E-state index is 0.0367. The molecule has 0 saturated carbocycles. The quantitative estimate of drug-likeness (QED) is 0.220. The first-order valence-electron chi connectivity index (χ1n) is 14.0. The zero-order chi connectivity index (χ0) is 29.4. The number of aliphatic imine (C=N–C) groups is 1. The number of nitrogens with zero attached hydrogens (tertiary/aromatic N) is 8. The van der Waals surface area contributed by atoms with Crippen molar-refractivity contribution in [2.24, 2.45) is 4.99 Å². The summed E-state index contributed by atoms with van der Waals surface area (Å²) >= 11 is 0. The molecule has 0 spiro atoms. The molecule has 4 aliphatic rings. The lowest BCUT2D eigenvalue weighted by Gasteiger charge is -2.56. The molecule has 10 nitrogen and oxygen atoms in total. The average Bonchev–Trinajstić information content (AvgIpc) is 3.41. The summed E-state index contributed by atoms with van der Waals surface area (Å²) in [6, 6.07) is 9.00. The number of methoxy groups -OCH3 is 1. The molecule has 0 N–H and O–H groups in total. The summed E-state index contributed by atoms with van der Waals surface area (Å²) in [6.45, 7) is 7.47. The number of hydrogen-bond donors (Lipinski definition) is 0. The Morgan fingerprint density at radius 1 is 1.26 bits per heavy atom. The molecule has 2 unspecified atom stereocenters. The van der Waals surface area contributed by atoms with Gasteiger partial charge >= 0.3 is 0 Å². The number of rotatable bonds is 9. The molecule has 0 radical (unpaired) electrons. The summed E-state index contributed by atoms with van der Waals surface area (Å²) < 4.78 is 27.5. The van der Waals surface area contributed by atoms with Crippen LogP contribution in [0.25, 0.3) is 16.6 Å². The number of aromatic nitrogens is 3. The van der Waals surface area contributed by atoms with Gasteiger partial charge in [-0.1, -0.05) is 12.7 Å². The van der Waals surface area contributed by atoms with Gasteiger partial charge in [-0.3, -0.25) is 14.8 Å². The summed E-state index contributed by atoms with van der Waals surface area (Å²) in [7, 11) is 5.19. The monoisotopic (exact) mass is 570 g/mol. The van der Waals surface area contributed by atoms with Gasteiger partial charge in [-0.25, -0.2) is 13.9 Å². The standard InChI is InChI=1S/C31H35FN8O2/c1-21(5-8-29(34-2)41-4)14-39-24-9-25(39)16-38(15-24)28-7-6-22(12-35-28)27-10-26(42-20-31(32)18-37(3)19-31)17-40-30(27)23(11-33)13-36-40/h5-8,10,12-13,17,24-25H,1,9,14-16,18-20H2,2-4H3/b8-5-,34-29?. The Morgan fingerprint density at radius 3 is 2.69 bits per heavy atom. The number of alkyl halides is 1. The highest BCUT2D eigenvalue weighted by Gasteiger charge is 2.45. The summed E-state index contributed by atoms with van der Waals surface area (Å²) in [5.41, 5.74) is 2.39. The SMILES string of the molecule is C=C(/C=C\C(=NC)OC)CN1C2CC1CN(c1ccc(-c3cc(OCC4(F)CN(C)C4)cn4ncc(C#N)c34)cn1)C2. The number of likely N-dealkylation sites (tertiary alicyclic amines) is 1. The molecule has 4 saturated heterocycles. The molecule has 2 bridgehead atoms. The fourth-order valence-corrected chi connectivity index (χ4v) is 6.28. The van der Waals surface area contributed by atoms with Crippen LogP contribution in [-0.4, -0.2) is 109 Å². The van der Waals surface area contributed by atoms with E-state index in [1.54, 1.807) is 24.9 Å². The molecular formula is C31H35FN8O2. The molecule has 3 aromatic heterocycles. The first-order valence-corrected chi connectivity index (χ1v) is 14.0. The van der Waals surface area contributed by atoms with E-state index in [9.17, 15) is 9.65 Å². The van der Waals surface area contributed by atoms with E-state index in [0.29, 0.717) is 47.9 Å². The second-order valence-electron chi connectivity index (χ2n) is 11.4. The van der Waals surface area contributed by atoms with Crippen molar-refractivity contribution in [2.45, 2.75) is 24.2 Å². The van der Waals surface area contributed by atoms with Crippen LogP contribution in [0.3, 0.4) is 0 Å². The first kappa shape index (κ1) is 27.9. The molecule has 0 aliphatic carbocycles. The van der Waals surface area contributed by atoms with E-state index < -0.39 is 5.67 Å². The van der Waals surface area contributed by atoms with E-state index in [4.69, 9.17) is 14.5 Å². The van der Waals surface area contributed by atoms with Crippen molar-refractivity contribution in [1.29, 1.82) is 5.26 Å². The van der Waals surface area contributed by atoms with Gasteiger partial charge in [0, 0.05) is 75.3 Å². The highest BCUT2D eigenvalue weighted by molar-refractivity contribution is 5.88. The van der Waals surface area contributed by atoms with Gasteiger partial charge in [0.15, 0.2) is 5.67 Å². The largest absolute Gasteiger partial charge is 0.489 e. The Kier molecular flexibility index (Phi) is 7.43. The van der Waals surface area contributed by atoms with Crippen LogP contribution in [0.1, 0.15) is 12.0 Å². The van der Waals surface area contributed by atoms with E-state index in [-0.39, 0.29) is 6.61 Å². The van der Waals surface area contributed by atoms with Crippen LogP contribution in [0, 0.1) is 11.3 Å². The maximum Gasteiger partial charge on any atom is 0.207 e. The Bertz CT molecular complexity index is 1570. The Balaban J connectivity index is 1.15. The number of piperazine rings is 1. The van der Waals surface area contributed by atoms with Crippen molar-refractivity contribution in [1.82, 2.24) is 24.4 Å². The number of fused-ring (bicyclic) bond motifs is 3. The third-order valence-corrected chi connectivity index (χ3v) is 8.32. The molecule has 0 amide bonds. The Labute approximate surface area is 245 Å². The van der Waals surface area contributed by atoms with E-state index in [1.165, 1.54) is 12.6 Å². The molecule has 4 fully saturated rings. The lowest BCUT2D eigenvalue weighted by Crippen LogP contribution is -2.69. The molecule has 42 heavy (non-hydrogen) atoms. The van der Waals surface area contributed by atoms with Crippen molar-refractivity contribution in [3.8, 4) is 22.9 Å². The van der Waals surface area contributed by atoms with Crippen molar-refractivity contribution < 1.29 is 13.9 Å². The van der Waals surface area contributed by atoms with E-state index in [2.05, 4.69) is 32.5 Å². The minimum Gasteiger partial charge on any atom is -0.489 e. The summed E-state index contributed by atoms with van der Waals surface area (Å²) in [4.78, 5) is 15.6. The van der Waals surface area contributed by atoms with Gasteiger partial charge in [-0.15, -0.1) is 0 Å². The molecule has 7 rings (SSSR count). The zero-order valence-electron chi connectivity index (χ0n) is 24.2. The molecule has 218 valence electrons. The van der Waals surface area contributed by atoms with Gasteiger partial charge in [0.2, 0.25) is 5.90 Å². The minimum atomic E-state index is -1.36. The van der Waals surface area contributed by atoms with Crippen molar-refractivity contribution in [3.05, 3.63) is 66.7 Å². The van der Waals surface area contributed by atoms with Crippen LogP contribution < -0.4 is 9.64 Å². The van der Waals surface area contributed by atoms with Gasteiger partial charge in [0.05, 0.1) is 30.6 Å². The van der Waals surface area contributed by atoms with Gasteiger partial charge in [0.1, 0.15) is 24.2 Å². The smallest absolute Gasteiger partial charge is 0.207 e. The van der Waals surface area contributed by atoms with E-state index >= 15 is 0 Å².